The standard InChI is InChI=1S/C11H19P/c1-6-3-8(4-6)9-5-10(9)11-7(2)12-11/h6-12H,3-5H2,1-2H3. The summed E-state index contributed by atoms with van der Waals surface area (Å²) < 4.78 is 0. The summed E-state index contributed by atoms with van der Waals surface area (Å²) in [5.74, 6) is 4.64. The maximum absolute atomic E-state index is 2.45. The van der Waals surface area contributed by atoms with E-state index < -0.39 is 0 Å². The Balaban J connectivity index is 1.50. The van der Waals surface area contributed by atoms with Gasteiger partial charge in [0.2, 0.25) is 0 Å². The molecule has 1 heterocycles. The summed E-state index contributed by atoms with van der Waals surface area (Å²) in [5, 5.41) is 0. The summed E-state index contributed by atoms with van der Waals surface area (Å²) in [5.41, 5.74) is 2.32. The van der Waals surface area contributed by atoms with Crippen LogP contribution < -0.4 is 0 Å². The van der Waals surface area contributed by atoms with Gasteiger partial charge in [0.25, 0.3) is 0 Å². The van der Waals surface area contributed by atoms with E-state index in [-0.39, 0.29) is 0 Å². The maximum atomic E-state index is 2.45. The van der Waals surface area contributed by atoms with Crippen molar-refractivity contribution < 1.29 is 0 Å². The van der Waals surface area contributed by atoms with Crippen molar-refractivity contribution in [2.75, 3.05) is 0 Å². The van der Waals surface area contributed by atoms with Crippen molar-refractivity contribution in [2.45, 2.75) is 44.4 Å². The largest absolute Gasteiger partial charge is 0.114 e. The first-order valence-electron chi connectivity index (χ1n) is 5.51. The van der Waals surface area contributed by atoms with Crippen LogP contribution in [0.2, 0.25) is 0 Å². The molecule has 3 fully saturated rings. The molecule has 0 amide bonds. The summed E-state index contributed by atoms with van der Waals surface area (Å²) in [6, 6.07) is 0. The molecule has 2 saturated carbocycles. The Hall–Kier alpha value is 0.430. The molecule has 3 rings (SSSR count). The lowest BCUT2D eigenvalue weighted by atomic mass is 9.73. The van der Waals surface area contributed by atoms with Gasteiger partial charge in [-0.05, 0) is 54.3 Å². The fraction of sp³-hybridized carbons (Fsp3) is 1.00. The van der Waals surface area contributed by atoms with Gasteiger partial charge in [-0.15, -0.1) is 8.58 Å². The molecule has 1 heteroatoms. The van der Waals surface area contributed by atoms with Gasteiger partial charge in [-0.1, -0.05) is 13.8 Å². The van der Waals surface area contributed by atoms with Gasteiger partial charge in [-0.2, -0.15) is 0 Å². The molecule has 5 unspecified atom stereocenters. The van der Waals surface area contributed by atoms with Gasteiger partial charge in [-0.25, -0.2) is 0 Å². The second-order valence-corrected chi connectivity index (χ2v) is 7.29. The lowest BCUT2D eigenvalue weighted by Gasteiger charge is -2.33. The van der Waals surface area contributed by atoms with E-state index in [1.54, 1.807) is 19.3 Å². The van der Waals surface area contributed by atoms with Crippen LogP contribution in [0.4, 0.5) is 0 Å². The molecule has 1 aliphatic heterocycles. The number of hydrogen-bond donors (Lipinski definition) is 0. The maximum Gasteiger partial charge on any atom is -0.0140 e. The van der Waals surface area contributed by atoms with Crippen molar-refractivity contribution in [3.63, 3.8) is 0 Å². The van der Waals surface area contributed by atoms with Gasteiger partial charge in [0.05, 0.1) is 0 Å². The van der Waals surface area contributed by atoms with Gasteiger partial charge >= 0.3 is 0 Å². The molecule has 0 aromatic rings. The van der Waals surface area contributed by atoms with E-state index in [2.05, 4.69) is 13.8 Å². The van der Waals surface area contributed by atoms with E-state index in [1.165, 1.54) is 32.0 Å². The third kappa shape index (κ3) is 1.15. The highest BCUT2D eigenvalue weighted by Crippen LogP contribution is 2.66. The minimum absolute atomic E-state index is 1.07. The third-order valence-corrected chi connectivity index (χ3v) is 6.07. The minimum atomic E-state index is 1.07. The van der Waals surface area contributed by atoms with E-state index >= 15 is 0 Å². The molecule has 0 aromatic carbocycles. The topological polar surface area (TPSA) is 0 Å². The van der Waals surface area contributed by atoms with Gasteiger partial charge in [-0.3, -0.25) is 0 Å². The Kier molecular flexibility index (Phi) is 1.61. The van der Waals surface area contributed by atoms with E-state index in [4.69, 9.17) is 0 Å². The number of rotatable bonds is 2. The molecule has 0 N–H and O–H groups in total. The molecule has 2 aliphatic carbocycles. The van der Waals surface area contributed by atoms with Crippen molar-refractivity contribution in [2.24, 2.45) is 23.7 Å². The van der Waals surface area contributed by atoms with Crippen molar-refractivity contribution in [1.82, 2.24) is 0 Å². The highest BCUT2D eigenvalue weighted by Gasteiger charge is 2.55. The second kappa shape index (κ2) is 2.47. The second-order valence-electron chi connectivity index (χ2n) is 5.38. The smallest absolute Gasteiger partial charge is 0.0140 e. The quantitative estimate of drug-likeness (QED) is 0.575. The first-order valence-corrected chi connectivity index (χ1v) is 6.67. The van der Waals surface area contributed by atoms with Gasteiger partial charge in [0.1, 0.15) is 0 Å². The van der Waals surface area contributed by atoms with Crippen molar-refractivity contribution >= 4 is 8.58 Å². The summed E-state index contributed by atoms with van der Waals surface area (Å²) >= 11 is 0. The summed E-state index contributed by atoms with van der Waals surface area (Å²) in [6.45, 7) is 4.86. The predicted octanol–water partition coefficient (Wildman–Crippen LogP) is 3.12. The molecule has 5 atom stereocenters. The van der Waals surface area contributed by atoms with E-state index in [9.17, 15) is 0 Å². The molecule has 0 aromatic heterocycles. The summed E-state index contributed by atoms with van der Waals surface area (Å²) in [7, 11) is 1.34. The van der Waals surface area contributed by atoms with Crippen LogP contribution in [-0.4, -0.2) is 11.3 Å². The molecule has 1 saturated heterocycles. The van der Waals surface area contributed by atoms with Gasteiger partial charge in [0, 0.05) is 0 Å². The molecule has 3 aliphatic rings. The normalized spacial score (nSPS) is 64.5. The van der Waals surface area contributed by atoms with Gasteiger partial charge in [0.15, 0.2) is 0 Å². The average molecular weight is 182 g/mol. The lowest BCUT2D eigenvalue weighted by Crippen LogP contribution is -2.23. The summed E-state index contributed by atoms with van der Waals surface area (Å²) in [4.78, 5) is 0. The first kappa shape index (κ1) is 7.80. The van der Waals surface area contributed by atoms with E-state index in [1.807, 2.05) is 0 Å². The molecular formula is C11H19P. The Labute approximate surface area is 77.3 Å². The minimum Gasteiger partial charge on any atom is -0.114 e. The van der Waals surface area contributed by atoms with Crippen LogP contribution in [0.15, 0.2) is 0 Å². The van der Waals surface area contributed by atoms with Crippen molar-refractivity contribution in [1.29, 1.82) is 0 Å². The molecule has 68 valence electrons. The molecule has 0 bridgehead atoms. The highest BCUT2D eigenvalue weighted by atomic mass is 31.1. The third-order valence-electron chi connectivity index (χ3n) is 4.25. The van der Waals surface area contributed by atoms with Crippen molar-refractivity contribution in [3.8, 4) is 0 Å². The number of hydrogen-bond acceptors (Lipinski definition) is 0. The monoisotopic (exact) mass is 182 g/mol. The van der Waals surface area contributed by atoms with Crippen LogP contribution in [0.25, 0.3) is 0 Å². The average Bonchev–Trinajstić information content (AvgIpc) is 2.77. The fourth-order valence-electron chi connectivity index (χ4n) is 3.25. The molecule has 0 nitrogen and oxygen atoms in total. The first-order chi connectivity index (χ1) is 5.75. The summed E-state index contributed by atoms with van der Waals surface area (Å²) in [6.07, 6.45) is 4.73. The Morgan fingerprint density at radius 3 is 2.17 bits per heavy atom. The molecule has 0 spiro atoms. The zero-order valence-electron chi connectivity index (χ0n) is 8.09. The van der Waals surface area contributed by atoms with Crippen LogP contribution in [0.5, 0.6) is 0 Å². The van der Waals surface area contributed by atoms with Crippen LogP contribution in [-0.2, 0) is 0 Å². The van der Waals surface area contributed by atoms with Gasteiger partial charge < -0.3 is 0 Å². The lowest BCUT2D eigenvalue weighted by molar-refractivity contribution is 0.178. The highest BCUT2D eigenvalue weighted by molar-refractivity contribution is 7.48. The fourth-order valence-corrected chi connectivity index (χ4v) is 4.62. The molecule has 0 radical (unpaired) electrons. The SMILES string of the molecule is CC1CC(C2CC2C2PC2C)C1. The van der Waals surface area contributed by atoms with Crippen molar-refractivity contribution in [3.05, 3.63) is 0 Å². The Bertz CT molecular complexity index is 195. The Morgan fingerprint density at radius 1 is 1.00 bits per heavy atom. The predicted molar refractivity (Wildman–Crippen MR) is 55.1 cm³/mol. The molecule has 12 heavy (non-hydrogen) atoms. The van der Waals surface area contributed by atoms with Crippen LogP contribution in [0.1, 0.15) is 33.1 Å². The van der Waals surface area contributed by atoms with Crippen LogP contribution in [0, 0.1) is 23.7 Å². The van der Waals surface area contributed by atoms with E-state index in [0.29, 0.717) is 0 Å². The zero-order valence-corrected chi connectivity index (χ0v) is 9.09. The van der Waals surface area contributed by atoms with Crippen LogP contribution in [0.3, 0.4) is 0 Å². The van der Waals surface area contributed by atoms with Crippen LogP contribution >= 0.6 is 8.58 Å². The van der Waals surface area contributed by atoms with E-state index in [0.717, 1.165) is 11.6 Å². The molecular weight excluding hydrogens is 163 g/mol. The Morgan fingerprint density at radius 2 is 1.67 bits per heavy atom. The zero-order chi connectivity index (χ0) is 8.29.